The number of carbonyl (C=O) groups is 3. The van der Waals surface area contributed by atoms with Crippen molar-refractivity contribution in [1.82, 2.24) is 0 Å². The molecule has 1 fully saturated rings. The van der Waals surface area contributed by atoms with E-state index in [1.165, 1.54) is 51.4 Å². The number of rotatable bonds is 34. The molecule has 0 spiro atoms. The Bertz CT molecular complexity index is 794. The first-order valence-corrected chi connectivity index (χ1v) is 20.5. The molecule has 1 rings (SSSR count). The molecular formula is C42H74O7. The fourth-order valence-corrected chi connectivity index (χ4v) is 6.18. The summed E-state index contributed by atoms with van der Waals surface area (Å²) in [7, 11) is 0. The Morgan fingerprint density at radius 3 is 1.57 bits per heavy atom. The van der Waals surface area contributed by atoms with Gasteiger partial charge in [-0.25, -0.2) is 0 Å². The number of allylic oxidation sites excluding steroid dienone is 2. The van der Waals surface area contributed by atoms with Crippen LogP contribution < -0.4 is 0 Å². The summed E-state index contributed by atoms with van der Waals surface area (Å²) >= 11 is 0. The smallest absolute Gasteiger partial charge is 0.306 e. The summed E-state index contributed by atoms with van der Waals surface area (Å²) in [5, 5.41) is 0. The van der Waals surface area contributed by atoms with Gasteiger partial charge in [-0.2, -0.15) is 0 Å². The summed E-state index contributed by atoms with van der Waals surface area (Å²) < 4.78 is 22.3. The Morgan fingerprint density at radius 1 is 0.592 bits per heavy atom. The van der Waals surface area contributed by atoms with E-state index in [2.05, 4.69) is 26.0 Å². The SMILES string of the molecule is CCCCCC/C=C/COC(=O)CCCCCCCC(CCCCCCCC(=O)OC/C=C/CCCCCC)OC(=O)CCC1CCCO1. The second-order valence-corrected chi connectivity index (χ2v) is 13.9. The van der Waals surface area contributed by atoms with Crippen molar-refractivity contribution in [2.24, 2.45) is 0 Å². The van der Waals surface area contributed by atoms with Gasteiger partial charge in [0.25, 0.3) is 0 Å². The zero-order chi connectivity index (χ0) is 35.5. The second kappa shape index (κ2) is 34.3. The molecule has 1 aliphatic rings. The minimum atomic E-state index is -0.109. The highest BCUT2D eigenvalue weighted by Gasteiger charge is 2.19. The predicted octanol–water partition coefficient (Wildman–Crippen LogP) is 11.5. The average molecular weight is 691 g/mol. The van der Waals surface area contributed by atoms with Crippen LogP contribution in [0.2, 0.25) is 0 Å². The maximum atomic E-state index is 12.6. The van der Waals surface area contributed by atoms with Crippen LogP contribution in [-0.2, 0) is 33.3 Å². The summed E-state index contributed by atoms with van der Waals surface area (Å²) in [6.45, 7) is 6.00. The molecule has 1 saturated heterocycles. The topological polar surface area (TPSA) is 88.1 Å². The van der Waals surface area contributed by atoms with Gasteiger partial charge in [0, 0.05) is 25.9 Å². The highest BCUT2D eigenvalue weighted by molar-refractivity contribution is 5.70. The van der Waals surface area contributed by atoms with Gasteiger partial charge in [0.2, 0.25) is 0 Å². The molecule has 0 amide bonds. The van der Waals surface area contributed by atoms with Crippen LogP contribution in [0.1, 0.15) is 194 Å². The molecule has 1 heterocycles. The Hall–Kier alpha value is -2.15. The number of carbonyl (C=O) groups excluding carboxylic acids is 3. The molecule has 0 aromatic rings. The van der Waals surface area contributed by atoms with E-state index in [-0.39, 0.29) is 30.1 Å². The molecule has 7 nitrogen and oxygen atoms in total. The van der Waals surface area contributed by atoms with Crippen LogP contribution in [0.25, 0.3) is 0 Å². The van der Waals surface area contributed by atoms with E-state index in [1.807, 2.05) is 12.2 Å². The van der Waals surface area contributed by atoms with Gasteiger partial charge in [-0.15, -0.1) is 0 Å². The van der Waals surface area contributed by atoms with Crippen LogP contribution >= 0.6 is 0 Å². The third kappa shape index (κ3) is 30.4. The van der Waals surface area contributed by atoms with Gasteiger partial charge < -0.3 is 18.9 Å². The Labute approximate surface area is 300 Å². The molecule has 0 aliphatic carbocycles. The second-order valence-electron chi connectivity index (χ2n) is 13.9. The largest absolute Gasteiger partial charge is 0.462 e. The summed E-state index contributed by atoms with van der Waals surface area (Å²) in [5.74, 6) is -0.321. The highest BCUT2D eigenvalue weighted by atomic mass is 16.5. The Kier molecular flexibility index (Phi) is 31.4. The minimum Gasteiger partial charge on any atom is -0.462 e. The third-order valence-electron chi connectivity index (χ3n) is 9.27. The number of ether oxygens (including phenoxy) is 4. The van der Waals surface area contributed by atoms with Crippen LogP contribution in [0.15, 0.2) is 24.3 Å². The van der Waals surface area contributed by atoms with Crippen LogP contribution in [0, 0.1) is 0 Å². The Balaban J connectivity index is 2.18. The molecule has 0 aromatic heterocycles. The molecule has 49 heavy (non-hydrogen) atoms. The summed E-state index contributed by atoms with van der Waals surface area (Å²) in [5.41, 5.74) is 0. The van der Waals surface area contributed by atoms with Crippen molar-refractivity contribution in [3.05, 3.63) is 24.3 Å². The van der Waals surface area contributed by atoms with E-state index in [9.17, 15) is 14.4 Å². The first-order chi connectivity index (χ1) is 24.0. The Morgan fingerprint density at radius 2 is 1.08 bits per heavy atom. The lowest BCUT2D eigenvalue weighted by Crippen LogP contribution is -2.19. The molecular weight excluding hydrogens is 616 g/mol. The standard InChI is InChI=1S/C42H74O7/c1-3-5-7-9-11-19-25-35-47-40(43)31-23-17-13-15-21-28-39(49-42(45)34-33-38-30-27-37-46-38)29-22-16-14-18-24-32-41(44)48-36-26-20-12-10-8-6-4-2/h19-20,25-26,38-39H,3-18,21-24,27-37H2,1-2H3/b25-19+,26-20+. The maximum absolute atomic E-state index is 12.6. The van der Waals surface area contributed by atoms with Crippen molar-refractivity contribution >= 4 is 17.9 Å². The van der Waals surface area contributed by atoms with Gasteiger partial charge in [0.1, 0.15) is 19.3 Å². The summed E-state index contributed by atoms with van der Waals surface area (Å²) in [4.78, 5) is 36.6. The lowest BCUT2D eigenvalue weighted by atomic mass is 10.0. The van der Waals surface area contributed by atoms with E-state index in [0.29, 0.717) is 32.5 Å². The van der Waals surface area contributed by atoms with Gasteiger partial charge in [0.15, 0.2) is 0 Å². The van der Waals surface area contributed by atoms with E-state index >= 15 is 0 Å². The van der Waals surface area contributed by atoms with Gasteiger partial charge in [-0.3, -0.25) is 14.4 Å². The van der Waals surface area contributed by atoms with Gasteiger partial charge in [0.05, 0.1) is 6.10 Å². The molecule has 0 aromatic carbocycles. The molecule has 0 N–H and O–H groups in total. The average Bonchev–Trinajstić information content (AvgIpc) is 3.62. The van der Waals surface area contributed by atoms with Crippen molar-refractivity contribution in [1.29, 1.82) is 0 Å². The van der Waals surface area contributed by atoms with Crippen molar-refractivity contribution in [3.8, 4) is 0 Å². The molecule has 0 radical (unpaired) electrons. The van der Waals surface area contributed by atoms with Crippen molar-refractivity contribution < 1.29 is 33.3 Å². The lowest BCUT2D eigenvalue weighted by Gasteiger charge is -2.19. The van der Waals surface area contributed by atoms with E-state index in [1.54, 1.807) is 0 Å². The molecule has 7 heteroatoms. The van der Waals surface area contributed by atoms with E-state index in [4.69, 9.17) is 18.9 Å². The zero-order valence-corrected chi connectivity index (χ0v) is 31.7. The molecule has 284 valence electrons. The van der Waals surface area contributed by atoms with Crippen molar-refractivity contribution in [2.75, 3.05) is 19.8 Å². The summed E-state index contributed by atoms with van der Waals surface area (Å²) in [6.07, 6.45) is 36.6. The van der Waals surface area contributed by atoms with Crippen LogP contribution in [0.5, 0.6) is 0 Å². The highest BCUT2D eigenvalue weighted by Crippen LogP contribution is 2.20. The number of hydrogen-bond acceptors (Lipinski definition) is 7. The van der Waals surface area contributed by atoms with Gasteiger partial charge in [-0.1, -0.05) is 115 Å². The maximum Gasteiger partial charge on any atom is 0.306 e. The molecule has 1 aliphatic heterocycles. The quantitative estimate of drug-likeness (QED) is 0.0287. The number of hydrogen-bond donors (Lipinski definition) is 0. The van der Waals surface area contributed by atoms with Gasteiger partial charge in [-0.05, 0) is 83.5 Å². The minimum absolute atomic E-state index is 0.0404. The molecule has 1 atom stereocenters. The lowest BCUT2D eigenvalue weighted by molar-refractivity contribution is -0.150. The van der Waals surface area contributed by atoms with Gasteiger partial charge >= 0.3 is 17.9 Å². The van der Waals surface area contributed by atoms with Crippen molar-refractivity contribution in [3.63, 3.8) is 0 Å². The molecule has 1 unspecified atom stereocenters. The fraction of sp³-hybridized carbons (Fsp3) is 0.833. The first-order valence-electron chi connectivity index (χ1n) is 20.5. The van der Waals surface area contributed by atoms with E-state index in [0.717, 1.165) is 116 Å². The van der Waals surface area contributed by atoms with Crippen LogP contribution in [-0.4, -0.2) is 49.9 Å². The third-order valence-corrected chi connectivity index (χ3v) is 9.27. The zero-order valence-electron chi connectivity index (χ0n) is 31.7. The van der Waals surface area contributed by atoms with E-state index < -0.39 is 0 Å². The van der Waals surface area contributed by atoms with Crippen LogP contribution in [0.4, 0.5) is 0 Å². The fourth-order valence-electron chi connectivity index (χ4n) is 6.18. The number of esters is 3. The molecule has 0 saturated carbocycles. The first kappa shape index (κ1) is 44.9. The normalized spacial score (nSPS) is 14.7. The monoisotopic (exact) mass is 691 g/mol. The van der Waals surface area contributed by atoms with Crippen molar-refractivity contribution in [2.45, 2.75) is 206 Å². The summed E-state index contributed by atoms with van der Waals surface area (Å²) in [6, 6.07) is 0. The molecule has 0 bridgehead atoms. The predicted molar refractivity (Wildman–Crippen MR) is 200 cm³/mol. The van der Waals surface area contributed by atoms with Crippen LogP contribution in [0.3, 0.4) is 0 Å². The number of unbranched alkanes of at least 4 members (excludes halogenated alkanes) is 16.